The minimum Gasteiger partial charge on any atom is -0.467 e. The van der Waals surface area contributed by atoms with Crippen molar-refractivity contribution in [2.75, 3.05) is 0 Å². The van der Waals surface area contributed by atoms with Gasteiger partial charge in [-0.15, -0.1) is 10.2 Å². The standard InChI is InChI=1S/C26H27FN6O3/c1-26(2,3)28-25(35)23(21-10-7-15-36-21)32(16-18-8-5-4-6-9-18)22(34)17-33-30-24(29-31-33)19-11-13-20(27)14-12-19/h4-15,23H,16-17H2,1-3H3,(H,28,35)/t23-/m0/s1. The van der Waals surface area contributed by atoms with E-state index in [4.69, 9.17) is 4.42 Å². The highest BCUT2D eigenvalue weighted by Gasteiger charge is 2.35. The minimum absolute atomic E-state index is 0.155. The maximum atomic E-state index is 13.6. The number of furan rings is 1. The molecule has 0 bridgehead atoms. The Hall–Kier alpha value is -4.34. The van der Waals surface area contributed by atoms with E-state index in [0.717, 1.165) is 10.4 Å². The summed E-state index contributed by atoms with van der Waals surface area (Å²) in [5, 5.41) is 15.2. The molecule has 0 unspecified atom stereocenters. The molecule has 2 amide bonds. The summed E-state index contributed by atoms with van der Waals surface area (Å²) in [5.74, 6) is -0.576. The summed E-state index contributed by atoms with van der Waals surface area (Å²) in [6.07, 6.45) is 1.46. The van der Waals surface area contributed by atoms with Crippen LogP contribution in [0, 0.1) is 5.82 Å². The molecule has 186 valence electrons. The third-order valence-electron chi connectivity index (χ3n) is 5.22. The summed E-state index contributed by atoms with van der Waals surface area (Å²) in [5.41, 5.74) is 0.875. The Balaban J connectivity index is 1.64. The van der Waals surface area contributed by atoms with Gasteiger partial charge in [-0.3, -0.25) is 9.59 Å². The highest BCUT2D eigenvalue weighted by Crippen LogP contribution is 2.26. The number of rotatable bonds is 8. The number of benzene rings is 2. The van der Waals surface area contributed by atoms with E-state index in [1.807, 2.05) is 51.1 Å². The van der Waals surface area contributed by atoms with E-state index in [0.29, 0.717) is 11.3 Å². The molecule has 1 atom stereocenters. The van der Waals surface area contributed by atoms with Gasteiger partial charge in [0.05, 0.1) is 6.26 Å². The monoisotopic (exact) mass is 490 g/mol. The van der Waals surface area contributed by atoms with Gasteiger partial charge in [0.25, 0.3) is 5.91 Å². The lowest BCUT2D eigenvalue weighted by atomic mass is 10.1. The Morgan fingerprint density at radius 1 is 1.06 bits per heavy atom. The number of aromatic nitrogens is 4. The van der Waals surface area contributed by atoms with Crippen LogP contribution in [0.2, 0.25) is 0 Å². The lowest BCUT2D eigenvalue weighted by molar-refractivity contribution is -0.143. The zero-order chi connectivity index (χ0) is 25.7. The SMILES string of the molecule is CC(C)(C)NC(=O)[C@H](c1ccco1)N(Cc1ccccc1)C(=O)Cn1nnc(-c2ccc(F)cc2)n1. The number of nitrogens with one attached hydrogen (secondary N) is 1. The van der Waals surface area contributed by atoms with Crippen molar-refractivity contribution in [3.8, 4) is 11.4 Å². The number of halogens is 1. The fourth-order valence-electron chi connectivity index (χ4n) is 3.65. The Morgan fingerprint density at radius 3 is 2.42 bits per heavy atom. The summed E-state index contributed by atoms with van der Waals surface area (Å²) in [6, 6.07) is 17.3. The smallest absolute Gasteiger partial charge is 0.251 e. The van der Waals surface area contributed by atoms with Gasteiger partial charge in [-0.25, -0.2) is 4.39 Å². The first-order chi connectivity index (χ1) is 17.2. The maximum Gasteiger partial charge on any atom is 0.251 e. The molecule has 2 aromatic heterocycles. The molecule has 4 aromatic rings. The quantitative estimate of drug-likeness (QED) is 0.403. The predicted octanol–water partition coefficient (Wildman–Crippen LogP) is 3.76. The van der Waals surface area contributed by atoms with Crippen molar-refractivity contribution in [1.29, 1.82) is 0 Å². The van der Waals surface area contributed by atoms with Gasteiger partial charge in [0.1, 0.15) is 18.1 Å². The van der Waals surface area contributed by atoms with Gasteiger partial charge in [0.15, 0.2) is 6.04 Å². The van der Waals surface area contributed by atoms with E-state index >= 15 is 0 Å². The van der Waals surface area contributed by atoms with Crippen LogP contribution in [0.15, 0.2) is 77.4 Å². The zero-order valence-corrected chi connectivity index (χ0v) is 20.3. The lowest BCUT2D eigenvalue weighted by Crippen LogP contribution is -2.49. The molecule has 0 aliphatic carbocycles. The van der Waals surface area contributed by atoms with Crippen LogP contribution in [-0.4, -0.2) is 42.5 Å². The minimum atomic E-state index is -1.02. The molecule has 0 aliphatic heterocycles. The van der Waals surface area contributed by atoms with Crippen LogP contribution in [0.5, 0.6) is 0 Å². The van der Waals surface area contributed by atoms with Gasteiger partial charge < -0.3 is 14.6 Å². The summed E-state index contributed by atoms with van der Waals surface area (Å²) in [7, 11) is 0. The molecule has 0 saturated carbocycles. The van der Waals surface area contributed by atoms with Crippen molar-refractivity contribution >= 4 is 11.8 Å². The average molecular weight is 491 g/mol. The van der Waals surface area contributed by atoms with Crippen molar-refractivity contribution in [3.05, 3.63) is 90.1 Å². The van der Waals surface area contributed by atoms with Crippen LogP contribution in [0.3, 0.4) is 0 Å². The van der Waals surface area contributed by atoms with Gasteiger partial charge in [-0.2, -0.15) is 4.80 Å². The first kappa shape index (κ1) is 24.8. The first-order valence-electron chi connectivity index (χ1n) is 11.4. The average Bonchev–Trinajstić information content (AvgIpc) is 3.51. The van der Waals surface area contributed by atoms with Crippen LogP contribution in [-0.2, 0) is 22.7 Å². The third-order valence-corrected chi connectivity index (χ3v) is 5.22. The predicted molar refractivity (Wildman–Crippen MR) is 130 cm³/mol. The number of tetrazole rings is 1. The molecule has 0 saturated heterocycles. The molecular formula is C26H27FN6O3. The van der Waals surface area contributed by atoms with Crippen molar-refractivity contribution in [2.24, 2.45) is 0 Å². The molecular weight excluding hydrogens is 463 g/mol. The van der Waals surface area contributed by atoms with Crippen molar-refractivity contribution in [1.82, 2.24) is 30.4 Å². The molecule has 1 N–H and O–H groups in total. The zero-order valence-electron chi connectivity index (χ0n) is 20.3. The van der Waals surface area contributed by atoms with E-state index in [-0.39, 0.29) is 30.6 Å². The Morgan fingerprint density at radius 2 is 1.78 bits per heavy atom. The number of hydrogen-bond acceptors (Lipinski definition) is 6. The number of carbonyl (C=O) groups excluding carboxylic acids is 2. The van der Waals surface area contributed by atoms with Crippen molar-refractivity contribution in [3.63, 3.8) is 0 Å². The summed E-state index contributed by atoms with van der Waals surface area (Å²) < 4.78 is 18.8. The molecule has 2 heterocycles. The van der Waals surface area contributed by atoms with Gasteiger partial charge >= 0.3 is 0 Å². The normalized spacial score (nSPS) is 12.2. The Bertz CT molecular complexity index is 1300. The molecule has 0 spiro atoms. The van der Waals surface area contributed by atoms with Crippen LogP contribution in [0.25, 0.3) is 11.4 Å². The second-order valence-electron chi connectivity index (χ2n) is 9.31. The van der Waals surface area contributed by atoms with Crippen LogP contribution in [0.1, 0.15) is 38.1 Å². The molecule has 4 rings (SSSR count). The van der Waals surface area contributed by atoms with E-state index < -0.39 is 17.5 Å². The second-order valence-corrected chi connectivity index (χ2v) is 9.31. The molecule has 9 nitrogen and oxygen atoms in total. The van der Waals surface area contributed by atoms with Crippen LogP contribution >= 0.6 is 0 Å². The molecule has 36 heavy (non-hydrogen) atoms. The van der Waals surface area contributed by atoms with Crippen molar-refractivity contribution < 1.29 is 18.4 Å². The maximum absolute atomic E-state index is 13.6. The fourth-order valence-corrected chi connectivity index (χ4v) is 3.65. The summed E-state index contributed by atoms with van der Waals surface area (Å²) in [6.45, 7) is 5.49. The largest absolute Gasteiger partial charge is 0.467 e. The first-order valence-corrected chi connectivity index (χ1v) is 11.4. The van der Waals surface area contributed by atoms with Gasteiger partial charge in [-0.05, 0) is 67.9 Å². The summed E-state index contributed by atoms with van der Waals surface area (Å²) >= 11 is 0. The van der Waals surface area contributed by atoms with Gasteiger partial charge in [0.2, 0.25) is 11.7 Å². The third kappa shape index (κ3) is 6.21. The van der Waals surface area contributed by atoms with Gasteiger partial charge in [-0.1, -0.05) is 30.3 Å². The number of hydrogen-bond donors (Lipinski definition) is 1. The highest BCUT2D eigenvalue weighted by atomic mass is 19.1. The molecule has 0 aliphatic rings. The number of carbonyl (C=O) groups is 2. The molecule has 10 heteroatoms. The van der Waals surface area contributed by atoms with Crippen molar-refractivity contribution in [2.45, 2.75) is 45.4 Å². The Labute approximate surface area is 207 Å². The van der Waals surface area contributed by atoms with Crippen LogP contribution in [0.4, 0.5) is 4.39 Å². The molecule has 2 aromatic carbocycles. The van der Waals surface area contributed by atoms with Crippen LogP contribution < -0.4 is 5.32 Å². The van der Waals surface area contributed by atoms with E-state index in [1.165, 1.54) is 35.4 Å². The van der Waals surface area contributed by atoms with E-state index in [2.05, 4.69) is 20.7 Å². The van der Waals surface area contributed by atoms with E-state index in [9.17, 15) is 14.0 Å². The second kappa shape index (κ2) is 10.5. The molecule has 0 radical (unpaired) electrons. The Kier molecular flexibility index (Phi) is 7.23. The van der Waals surface area contributed by atoms with Gasteiger partial charge in [0, 0.05) is 17.6 Å². The molecule has 0 fully saturated rings. The number of nitrogens with zero attached hydrogens (tertiary/aromatic N) is 5. The fraction of sp³-hybridized carbons (Fsp3) is 0.269. The van der Waals surface area contributed by atoms with E-state index in [1.54, 1.807) is 12.1 Å². The summed E-state index contributed by atoms with van der Waals surface area (Å²) in [4.78, 5) is 29.6. The topological polar surface area (TPSA) is 106 Å². The number of amides is 2. The highest BCUT2D eigenvalue weighted by molar-refractivity contribution is 5.88. The lowest BCUT2D eigenvalue weighted by Gasteiger charge is -2.32.